The molecule has 4 rings (SSSR count). The van der Waals surface area contributed by atoms with E-state index in [9.17, 15) is 4.79 Å². The van der Waals surface area contributed by atoms with Crippen molar-refractivity contribution in [3.63, 3.8) is 0 Å². The summed E-state index contributed by atoms with van der Waals surface area (Å²) in [5.41, 5.74) is 3.59. The SMILES string of the molecule is O=C1c2ccc(Cl)cc2CCN1c1cncc(COC2CCCC2)c1. The topological polar surface area (TPSA) is 42.4 Å². The molecule has 25 heavy (non-hydrogen) atoms. The highest BCUT2D eigenvalue weighted by molar-refractivity contribution is 6.30. The Labute approximate surface area is 152 Å². The van der Waals surface area contributed by atoms with Crippen molar-refractivity contribution in [3.8, 4) is 0 Å². The monoisotopic (exact) mass is 356 g/mol. The largest absolute Gasteiger partial charge is 0.373 e. The Bertz CT molecular complexity index is 787. The second-order valence-electron chi connectivity index (χ2n) is 6.78. The van der Waals surface area contributed by atoms with E-state index in [1.54, 1.807) is 17.2 Å². The molecule has 2 aromatic rings. The smallest absolute Gasteiger partial charge is 0.258 e. The van der Waals surface area contributed by atoms with Gasteiger partial charge in [0.25, 0.3) is 5.91 Å². The predicted molar refractivity (Wildman–Crippen MR) is 98.1 cm³/mol. The predicted octanol–water partition coefficient (Wildman–Crippen LogP) is 4.40. The number of halogens is 1. The molecule has 1 aromatic heterocycles. The number of aromatic nitrogens is 1. The lowest BCUT2D eigenvalue weighted by Gasteiger charge is -2.28. The van der Waals surface area contributed by atoms with Crippen LogP contribution >= 0.6 is 11.6 Å². The van der Waals surface area contributed by atoms with Crippen molar-refractivity contribution in [1.29, 1.82) is 0 Å². The molecule has 1 amide bonds. The Morgan fingerprint density at radius 1 is 1.20 bits per heavy atom. The number of pyridine rings is 1. The van der Waals surface area contributed by atoms with E-state index >= 15 is 0 Å². The van der Waals surface area contributed by atoms with Gasteiger partial charge in [-0.25, -0.2) is 0 Å². The zero-order chi connectivity index (χ0) is 17.2. The van der Waals surface area contributed by atoms with E-state index in [1.807, 2.05) is 24.4 Å². The van der Waals surface area contributed by atoms with E-state index in [1.165, 1.54) is 12.8 Å². The molecule has 1 saturated carbocycles. The molecule has 0 spiro atoms. The Morgan fingerprint density at radius 2 is 2.04 bits per heavy atom. The van der Waals surface area contributed by atoms with Gasteiger partial charge in [-0.3, -0.25) is 9.78 Å². The van der Waals surface area contributed by atoms with Crippen LogP contribution in [0.5, 0.6) is 0 Å². The Morgan fingerprint density at radius 3 is 2.88 bits per heavy atom. The van der Waals surface area contributed by atoms with E-state index in [0.717, 1.165) is 41.6 Å². The molecule has 5 heteroatoms. The van der Waals surface area contributed by atoms with E-state index < -0.39 is 0 Å². The van der Waals surface area contributed by atoms with Gasteiger partial charge in [0.15, 0.2) is 0 Å². The molecule has 1 fully saturated rings. The number of hydrogen-bond donors (Lipinski definition) is 0. The number of ether oxygens (including phenoxy) is 1. The molecule has 0 N–H and O–H groups in total. The standard InChI is InChI=1S/C20H21ClN2O2/c21-16-5-6-19-15(10-16)7-8-23(20(19)24)17-9-14(11-22-12-17)13-25-18-3-1-2-4-18/h5-6,9-12,18H,1-4,7-8,13H2. The van der Waals surface area contributed by atoms with Gasteiger partial charge in [-0.15, -0.1) is 0 Å². The van der Waals surface area contributed by atoms with Gasteiger partial charge in [-0.2, -0.15) is 0 Å². The average Bonchev–Trinajstić information content (AvgIpc) is 3.14. The summed E-state index contributed by atoms with van der Waals surface area (Å²) in [5.74, 6) is 0.00794. The molecule has 1 aromatic carbocycles. The molecule has 0 atom stereocenters. The molecule has 2 aliphatic rings. The third-order valence-corrected chi connectivity index (χ3v) is 5.26. The Kier molecular flexibility index (Phi) is 4.73. The highest BCUT2D eigenvalue weighted by Gasteiger charge is 2.26. The van der Waals surface area contributed by atoms with Crippen LogP contribution in [-0.4, -0.2) is 23.5 Å². The van der Waals surface area contributed by atoms with Crippen molar-refractivity contribution in [2.45, 2.75) is 44.8 Å². The maximum Gasteiger partial charge on any atom is 0.258 e. The van der Waals surface area contributed by atoms with Gasteiger partial charge in [0.1, 0.15) is 0 Å². The van der Waals surface area contributed by atoms with Crippen LogP contribution in [0.25, 0.3) is 0 Å². The van der Waals surface area contributed by atoms with E-state index in [0.29, 0.717) is 24.3 Å². The average molecular weight is 357 g/mol. The van der Waals surface area contributed by atoms with Gasteiger partial charge in [-0.1, -0.05) is 24.4 Å². The van der Waals surface area contributed by atoms with Crippen molar-refractivity contribution in [2.75, 3.05) is 11.4 Å². The fraction of sp³-hybridized carbons (Fsp3) is 0.400. The maximum absolute atomic E-state index is 12.8. The first kappa shape index (κ1) is 16.6. The van der Waals surface area contributed by atoms with E-state index in [2.05, 4.69) is 4.98 Å². The summed E-state index contributed by atoms with van der Waals surface area (Å²) in [6.45, 7) is 1.19. The third-order valence-electron chi connectivity index (χ3n) is 5.03. The summed E-state index contributed by atoms with van der Waals surface area (Å²) in [4.78, 5) is 18.9. The summed E-state index contributed by atoms with van der Waals surface area (Å²) in [5, 5.41) is 0.674. The number of rotatable bonds is 4. The molecular weight excluding hydrogens is 336 g/mol. The number of hydrogen-bond acceptors (Lipinski definition) is 3. The highest BCUT2D eigenvalue weighted by atomic mass is 35.5. The quantitative estimate of drug-likeness (QED) is 0.815. The zero-order valence-electron chi connectivity index (χ0n) is 14.1. The van der Waals surface area contributed by atoms with Crippen LogP contribution in [-0.2, 0) is 17.8 Å². The van der Waals surface area contributed by atoms with Crippen LogP contribution in [0.3, 0.4) is 0 Å². The molecule has 1 aliphatic carbocycles. The molecule has 130 valence electrons. The van der Waals surface area contributed by atoms with Crippen LogP contribution in [0, 0.1) is 0 Å². The molecule has 0 saturated heterocycles. The van der Waals surface area contributed by atoms with Crippen molar-refractivity contribution in [2.24, 2.45) is 0 Å². The van der Waals surface area contributed by atoms with Gasteiger partial charge >= 0.3 is 0 Å². The molecular formula is C20H21ClN2O2. The van der Waals surface area contributed by atoms with Crippen molar-refractivity contribution in [3.05, 3.63) is 58.4 Å². The van der Waals surface area contributed by atoms with Crippen molar-refractivity contribution >= 4 is 23.2 Å². The number of benzene rings is 1. The van der Waals surface area contributed by atoms with Gasteiger partial charge < -0.3 is 9.64 Å². The number of carbonyl (C=O) groups is 1. The third kappa shape index (κ3) is 3.55. The minimum absolute atomic E-state index is 0.00794. The molecule has 0 unspecified atom stereocenters. The fourth-order valence-corrected chi connectivity index (χ4v) is 3.87. The molecule has 4 nitrogen and oxygen atoms in total. The number of fused-ring (bicyclic) bond motifs is 1. The van der Waals surface area contributed by atoms with Crippen molar-refractivity contribution in [1.82, 2.24) is 4.98 Å². The lowest BCUT2D eigenvalue weighted by atomic mass is 9.98. The zero-order valence-corrected chi connectivity index (χ0v) is 14.8. The Hall–Kier alpha value is -1.91. The number of carbonyl (C=O) groups excluding carboxylic acids is 1. The van der Waals surface area contributed by atoms with Gasteiger partial charge in [0.2, 0.25) is 0 Å². The normalized spacial score (nSPS) is 17.8. The summed E-state index contributed by atoms with van der Waals surface area (Å²) < 4.78 is 5.97. The van der Waals surface area contributed by atoms with E-state index in [-0.39, 0.29) is 5.91 Å². The summed E-state index contributed by atoms with van der Waals surface area (Å²) in [6.07, 6.45) is 9.55. The van der Waals surface area contributed by atoms with E-state index in [4.69, 9.17) is 16.3 Å². The van der Waals surface area contributed by atoms with Crippen LogP contribution in [0.4, 0.5) is 5.69 Å². The lowest BCUT2D eigenvalue weighted by Crippen LogP contribution is -2.37. The van der Waals surface area contributed by atoms with Gasteiger partial charge in [-0.05, 0) is 54.7 Å². The molecule has 0 radical (unpaired) electrons. The molecule has 1 aliphatic heterocycles. The molecule has 0 bridgehead atoms. The van der Waals surface area contributed by atoms with Crippen LogP contribution in [0.15, 0.2) is 36.7 Å². The highest BCUT2D eigenvalue weighted by Crippen LogP contribution is 2.27. The minimum atomic E-state index is 0.00794. The van der Waals surface area contributed by atoms with Crippen molar-refractivity contribution < 1.29 is 9.53 Å². The first-order valence-corrected chi connectivity index (χ1v) is 9.24. The molecule has 2 heterocycles. The second kappa shape index (κ2) is 7.14. The van der Waals surface area contributed by atoms with Gasteiger partial charge in [0.05, 0.1) is 24.6 Å². The summed E-state index contributed by atoms with van der Waals surface area (Å²) in [7, 11) is 0. The summed E-state index contributed by atoms with van der Waals surface area (Å²) >= 11 is 6.04. The van der Waals surface area contributed by atoms with Crippen LogP contribution < -0.4 is 4.90 Å². The summed E-state index contributed by atoms with van der Waals surface area (Å²) in [6, 6.07) is 7.48. The first-order chi connectivity index (χ1) is 12.2. The Balaban J connectivity index is 1.50. The lowest BCUT2D eigenvalue weighted by molar-refractivity contribution is 0.0455. The van der Waals surface area contributed by atoms with Gasteiger partial charge in [0, 0.05) is 23.3 Å². The maximum atomic E-state index is 12.8. The van der Waals surface area contributed by atoms with Crippen LogP contribution in [0.2, 0.25) is 5.02 Å². The first-order valence-electron chi connectivity index (χ1n) is 8.86. The van der Waals surface area contributed by atoms with Crippen LogP contribution in [0.1, 0.15) is 47.2 Å². The number of anilines is 1. The fourth-order valence-electron chi connectivity index (χ4n) is 3.67. The second-order valence-corrected chi connectivity index (χ2v) is 7.21. The minimum Gasteiger partial charge on any atom is -0.373 e. The number of amides is 1. The number of nitrogens with zero attached hydrogens (tertiary/aromatic N) is 2.